The van der Waals surface area contributed by atoms with Gasteiger partial charge in [-0.15, -0.1) is 0 Å². The maximum absolute atomic E-state index is 10.8. The summed E-state index contributed by atoms with van der Waals surface area (Å²) in [6.07, 6.45) is 0. The minimum absolute atomic E-state index is 0.476. The van der Waals surface area contributed by atoms with Gasteiger partial charge >= 0.3 is 0 Å². The second-order valence-electron chi connectivity index (χ2n) is 5.11. The van der Waals surface area contributed by atoms with E-state index in [2.05, 4.69) is 9.82 Å². The summed E-state index contributed by atoms with van der Waals surface area (Å²) in [6.45, 7) is 1.91. The lowest BCUT2D eigenvalue weighted by Crippen LogP contribution is -2.03. The SMILES string of the molecule is Cc1cc(-c2ccc(Cl)c(Cl)c2)n(-c2ccc(NS(=O)O)cc2)n1. The molecule has 8 heteroatoms. The molecule has 2 aromatic carbocycles. The summed E-state index contributed by atoms with van der Waals surface area (Å²) in [6, 6.07) is 14.4. The summed E-state index contributed by atoms with van der Waals surface area (Å²) in [5, 5.41) is 5.48. The Labute approximate surface area is 151 Å². The Morgan fingerprint density at radius 3 is 2.42 bits per heavy atom. The van der Waals surface area contributed by atoms with Gasteiger partial charge in [-0.25, -0.2) is 8.89 Å². The Hall–Kier alpha value is -1.86. The Morgan fingerprint density at radius 1 is 1.08 bits per heavy atom. The number of rotatable bonds is 4. The number of hydrogen-bond donors (Lipinski definition) is 2. The molecule has 0 aliphatic heterocycles. The van der Waals surface area contributed by atoms with E-state index in [9.17, 15) is 4.21 Å². The van der Waals surface area contributed by atoms with E-state index < -0.39 is 11.3 Å². The first kappa shape index (κ1) is 17.0. The van der Waals surface area contributed by atoms with Gasteiger partial charge in [-0.3, -0.25) is 9.27 Å². The fourth-order valence-corrected chi connectivity index (χ4v) is 2.96. The van der Waals surface area contributed by atoms with Crippen LogP contribution in [-0.4, -0.2) is 18.5 Å². The molecule has 3 rings (SSSR count). The van der Waals surface area contributed by atoms with Gasteiger partial charge in [0.1, 0.15) is 0 Å². The Morgan fingerprint density at radius 2 is 1.79 bits per heavy atom. The van der Waals surface area contributed by atoms with Gasteiger partial charge in [0, 0.05) is 11.3 Å². The first-order valence-corrected chi connectivity index (χ1v) is 8.80. The van der Waals surface area contributed by atoms with E-state index in [1.165, 1.54) is 0 Å². The fraction of sp³-hybridized carbons (Fsp3) is 0.0625. The number of benzene rings is 2. The van der Waals surface area contributed by atoms with E-state index in [1.54, 1.807) is 28.9 Å². The molecule has 0 radical (unpaired) electrons. The standard InChI is InChI=1S/C16H13Cl2N3O2S/c1-10-8-16(11-2-7-14(17)15(18)9-11)21(19-10)13-5-3-12(4-6-13)20-24(22)23/h2-9,20H,1H3,(H,22,23). The van der Waals surface area contributed by atoms with Gasteiger partial charge in [0.05, 0.1) is 27.1 Å². The molecule has 0 saturated heterocycles. The second-order valence-corrected chi connectivity index (χ2v) is 6.63. The molecule has 0 bridgehead atoms. The predicted molar refractivity (Wildman–Crippen MR) is 98.2 cm³/mol. The molecule has 0 fully saturated rings. The first-order valence-electron chi connectivity index (χ1n) is 6.94. The largest absolute Gasteiger partial charge is 0.289 e. The van der Waals surface area contributed by atoms with Crippen LogP contribution in [0.15, 0.2) is 48.5 Å². The van der Waals surface area contributed by atoms with E-state index >= 15 is 0 Å². The number of halogens is 2. The minimum atomic E-state index is -2.10. The molecule has 2 N–H and O–H groups in total. The van der Waals surface area contributed by atoms with Crippen LogP contribution < -0.4 is 4.72 Å². The molecular formula is C16H13Cl2N3O2S. The third-order valence-corrected chi connectivity index (χ3v) is 4.51. The molecular weight excluding hydrogens is 369 g/mol. The van der Waals surface area contributed by atoms with Gasteiger partial charge in [-0.05, 0) is 49.4 Å². The van der Waals surface area contributed by atoms with Gasteiger partial charge in [-0.1, -0.05) is 29.3 Å². The van der Waals surface area contributed by atoms with E-state index in [0.29, 0.717) is 15.7 Å². The van der Waals surface area contributed by atoms with Gasteiger partial charge in [-0.2, -0.15) is 5.10 Å². The Bertz CT molecular complexity index is 910. The van der Waals surface area contributed by atoms with Crippen molar-refractivity contribution in [3.63, 3.8) is 0 Å². The smallest absolute Gasteiger partial charge is 0.259 e. The summed E-state index contributed by atoms with van der Waals surface area (Å²) < 4.78 is 23.8. The van der Waals surface area contributed by atoms with Crippen molar-refractivity contribution in [2.45, 2.75) is 6.92 Å². The van der Waals surface area contributed by atoms with Crippen LogP contribution in [0.5, 0.6) is 0 Å². The molecule has 5 nitrogen and oxygen atoms in total. The van der Waals surface area contributed by atoms with Gasteiger partial charge < -0.3 is 0 Å². The summed E-state index contributed by atoms with van der Waals surface area (Å²) in [7, 11) is 0. The highest BCUT2D eigenvalue weighted by Crippen LogP contribution is 2.30. The molecule has 0 aliphatic rings. The molecule has 0 saturated carbocycles. The molecule has 124 valence electrons. The molecule has 24 heavy (non-hydrogen) atoms. The van der Waals surface area contributed by atoms with Gasteiger partial charge in [0.2, 0.25) is 0 Å². The number of nitrogens with one attached hydrogen (secondary N) is 1. The zero-order chi connectivity index (χ0) is 17.3. The van der Waals surface area contributed by atoms with E-state index in [1.807, 2.05) is 31.2 Å². The molecule has 1 atom stereocenters. The van der Waals surface area contributed by atoms with Crippen molar-refractivity contribution < 1.29 is 8.76 Å². The summed E-state index contributed by atoms with van der Waals surface area (Å²) in [5.41, 5.74) is 3.98. The van der Waals surface area contributed by atoms with Crippen LogP contribution in [0.1, 0.15) is 5.69 Å². The van der Waals surface area contributed by atoms with Crippen LogP contribution in [-0.2, 0) is 11.3 Å². The molecule has 0 spiro atoms. The highest BCUT2D eigenvalue weighted by molar-refractivity contribution is 7.80. The molecule has 1 unspecified atom stereocenters. The number of anilines is 1. The van der Waals surface area contributed by atoms with Gasteiger partial charge in [0.15, 0.2) is 0 Å². The maximum atomic E-state index is 10.8. The van der Waals surface area contributed by atoms with Crippen molar-refractivity contribution in [1.82, 2.24) is 9.78 Å². The van der Waals surface area contributed by atoms with Crippen LogP contribution >= 0.6 is 23.2 Å². The molecule has 1 aromatic heterocycles. The quantitative estimate of drug-likeness (QED) is 0.643. The highest BCUT2D eigenvalue weighted by Gasteiger charge is 2.11. The normalized spacial score (nSPS) is 12.2. The number of hydrogen-bond acceptors (Lipinski definition) is 2. The van der Waals surface area contributed by atoms with Crippen molar-refractivity contribution in [2.75, 3.05) is 4.72 Å². The minimum Gasteiger partial charge on any atom is -0.289 e. The third kappa shape index (κ3) is 3.62. The predicted octanol–water partition coefficient (Wildman–Crippen LogP) is 4.70. The third-order valence-electron chi connectivity index (χ3n) is 3.36. The number of aryl methyl sites for hydroxylation is 1. The maximum Gasteiger partial charge on any atom is 0.259 e. The van der Waals surface area contributed by atoms with Crippen LogP contribution in [0.25, 0.3) is 16.9 Å². The Kier molecular flexibility index (Phi) is 4.91. The van der Waals surface area contributed by atoms with Crippen LogP contribution in [0.2, 0.25) is 10.0 Å². The average Bonchev–Trinajstić information content (AvgIpc) is 2.92. The lowest BCUT2D eigenvalue weighted by Gasteiger charge is -2.09. The van der Waals surface area contributed by atoms with Crippen molar-refractivity contribution in [3.05, 3.63) is 64.3 Å². The van der Waals surface area contributed by atoms with Crippen molar-refractivity contribution >= 4 is 40.2 Å². The zero-order valence-corrected chi connectivity index (χ0v) is 14.9. The van der Waals surface area contributed by atoms with Crippen molar-refractivity contribution in [1.29, 1.82) is 0 Å². The van der Waals surface area contributed by atoms with Crippen LogP contribution in [0.4, 0.5) is 5.69 Å². The average molecular weight is 382 g/mol. The fourth-order valence-electron chi connectivity index (χ4n) is 2.33. The second kappa shape index (κ2) is 6.94. The van der Waals surface area contributed by atoms with E-state index in [0.717, 1.165) is 22.6 Å². The Balaban J connectivity index is 2.02. The van der Waals surface area contributed by atoms with Crippen molar-refractivity contribution in [2.24, 2.45) is 0 Å². The molecule has 0 amide bonds. The summed E-state index contributed by atoms with van der Waals surface area (Å²) in [5.74, 6) is 0. The topological polar surface area (TPSA) is 67.2 Å². The number of nitrogens with zero attached hydrogens (tertiary/aromatic N) is 2. The van der Waals surface area contributed by atoms with Gasteiger partial charge in [0.25, 0.3) is 11.3 Å². The van der Waals surface area contributed by atoms with Crippen molar-refractivity contribution in [3.8, 4) is 16.9 Å². The lowest BCUT2D eigenvalue weighted by molar-refractivity contribution is 0.570. The van der Waals surface area contributed by atoms with E-state index in [4.69, 9.17) is 27.8 Å². The van der Waals surface area contributed by atoms with Crippen LogP contribution in [0.3, 0.4) is 0 Å². The van der Waals surface area contributed by atoms with Crippen LogP contribution in [0, 0.1) is 6.92 Å². The first-order chi connectivity index (χ1) is 11.4. The number of aromatic nitrogens is 2. The monoisotopic (exact) mass is 381 g/mol. The summed E-state index contributed by atoms with van der Waals surface area (Å²) in [4.78, 5) is 0. The molecule has 3 aromatic rings. The molecule has 0 aliphatic carbocycles. The summed E-state index contributed by atoms with van der Waals surface area (Å²) >= 11 is 10.00. The lowest BCUT2D eigenvalue weighted by atomic mass is 10.1. The van der Waals surface area contributed by atoms with E-state index in [-0.39, 0.29) is 0 Å². The molecule has 1 heterocycles. The zero-order valence-electron chi connectivity index (χ0n) is 12.5. The highest BCUT2D eigenvalue weighted by atomic mass is 35.5.